The number of allylic oxidation sites excluding steroid dienone is 7. The molecule has 40 heavy (non-hydrogen) atoms. The molecule has 2 N–H and O–H groups in total. The van der Waals surface area contributed by atoms with Gasteiger partial charge < -0.3 is 4.90 Å². The Labute approximate surface area is 244 Å². The van der Waals surface area contributed by atoms with Crippen LogP contribution in [0.15, 0.2) is 94.2 Å². The molecule has 1 amide bonds. The van der Waals surface area contributed by atoms with Gasteiger partial charge in [0.05, 0.1) is 5.69 Å². The Kier molecular flexibility index (Phi) is 12.9. The van der Waals surface area contributed by atoms with Gasteiger partial charge in [-0.1, -0.05) is 68.0 Å². The predicted molar refractivity (Wildman–Crippen MR) is 172 cm³/mol. The van der Waals surface area contributed by atoms with E-state index in [-0.39, 0.29) is 23.6 Å². The van der Waals surface area contributed by atoms with E-state index in [1.165, 1.54) is 23.6 Å². The highest BCUT2D eigenvalue weighted by Crippen LogP contribution is 2.27. The number of rotatable bonds is 14. The molecular weight excluding hydrogens is 516 g/mol. The van der Waals surface area contributed by atoms with Crippen LogP contribution in [-0.2, 0) is 0 Å². The van der Waals surface area contributed by atoms with Crippen molar-refractivity contribution in [2.45, 2.75) is 84.7 Å². The van der Waals surface area contributed by atoms with Crippen molar-refractivity contribution < 1.29 is 4.79 Å². The second-order valence-electron chi connectivity index (χ2n) is 10.4. The standard InChI is InChI=1S/C33H44N4O2S/c1-10-14-24(8)19-27(16-12-3)37(23(6)7)32(39)26-17-13-18-28(20-26)40-36-33-34-29(21-30(38)35-33)31(22(4)5)25(9)15-11-2/h10-11,13-15,17-18,20-21,23,27H,1-2,12,16,19H2,3-9H3,(H2,34,35,36,38)/b24-14+,25-15-. The molecule has 1 unspecified atom stereocenters. The zero-order valence-corrected chi connectivity index (χ0v) is 25.8. The zero-order chi connectivity index (χ0) is 29.8. The van der Waals surface area contributed by atoms with Gasteiger partial charge in [-0.05, 0) is 90.1 Å². The van der Waals surface area contributed by atoms with Crippen LogP contribution >= 0.6 is 11.9 Å². The van der Waals surface area contributed by atoms with Crippen LogP contribution in [0.2, 0.25) is 0 Å². The van der Waals surface area contributed by atoms with Crippen molar-refractivity contribution >= 4 is 29.4 Å². The van der Waals surface area contributed by atoms with Crippen LogP contribution in [0, 0.1) is 0 Å². The van der Waals surface area contributed by atoms with E-state index in [1.54, 1.807) is 12.2 Å². The number of aromatic amines is 1. The van der Waals surface area contributed by atoms with Crippen LogP contribution in [-0.4, -0.2) is 32.9 Å². The number of nitrogens with zero attached hydrogens (tertiary/aromatic N) is 2. The first-order chi connectivity index (χ1) is 19.0. The summed E-state index contributed by atoms with van der Waals surface area (Å²) in [5.74, 6) is 0.346. The zero-order valence-electron chi connectivity index (χ0n) is 25.0. The van der Waals surface area contributed by atoms with E-state index < -0.39 is 0 Å². The summed E-state index contributed by atoms with van der Waals surface area (Å²) in [6.45, 7) is 21.9. The Bertz CT molecular complexity index is 1350. The monoisotopic (exact) mass is 560 g/mol. The number of amides is 1. The predicted octanol–water partition coefficient (Wildman–Crippen LogP) is 8.36. The first-order valence-corrected chi connectivity index (χ1v) is 14.6. The first kappa shape index (κ1) is 32.6. The molecule has 1 heterocycles. The van der Waals surface area contributed by atoms with Gasteiger partial charge in [-0.3, -0.25) is 19.3 Å². The van der Waals surface area contributed by atoms with Gasteiger partial charge in [0, 0.05) is 34.2 Å². The summed E-state index contributed by atoms with van der Waals surface area (Å²) in [5, 5.41) is 0. The SMILES string of the molecule is C=C/C=C(/C)C(=C(C)C)c1cc(=O)[nH]c(NSc2cccc(C(=O)N(C(C)C)C(CCC)C/C(C)=C/C=C)c2)n1. The van der Waals surface area contributed by atoms with Crippen molar-refractivity contribution in [2.75, 3.05) is 4.72 Å². The van der Waals surface area contributed by atoms with Crippen LogP contribution in [0.3, 0.4) is 0 Å². The van der Waals surface area contributed by atoms with Gasteiger partial charge in [0.2, 0.25) is 5.95 Å². The molecule has 1 aromatic carbocycles. The van der Waals surface area contributed by atoms with E-state index >= 15 is 0 Å². The number of anilines is 1. The maximum Gasteiger partial charge on any atom is 0.254 e. The molecule has 6 nitrogen and oxygen atoms in total. The quantitative estimate of drug-likeness (QED) is 0.179. The van der Waals surface area contributed by atoms with E-state index in [0.717, 1.165) is 40.9 Å². The molecule has 0 aliphatic carbocycles. The van der Waals surface area contributed by atoms with Crippen molar-refractivity contribution in [2.24, 2.45) is 0 Å². The largest absolute Gasteiger partial charge is 0.333 e. The van der Waals surface area contributed by atoms with Crippen LogP contribution in [0.1, 0.15) is 83.8 Å². The fourth-order valence-corrected chi connectivity index (χ4v) is 5.47. The fourth-order valence-electron chi connectivity index (χ4n) is 4.83. The molecule has 0 spiro atoms. The molecule has 0 fully saturated rings. The lowest BCUT2D eigenvalue weighted by atomic mass is 9.98. The van der Waals surface area contributed by atoms with Crippen molar-refractivity contribution in [3.05, 3.63) is 106 Å². The smallest absolute Gasteiger partial charge is 0.254 e. The summed E-state index contributed by atoms with van der Waals surface area (Å²) in [6, 6.07) is 9.19. The summed E-state index contributed by atoms with van der Waals surface area (Å²) < 4.78 is 3.15. The molecule has 2 aromatic rings. The van der Waals surface area contributed by atoms with Crippen LogP contribution in [0.25, 0.3) is 5.57 Å². The number of carbonyl (C=O) groups excluding carboxylic acids is 1. The number of aromatic nitrogens is 2. The number of carbonyl (C=O) groups is 1. The van der Waals surface area contributed by atoms with E-state index in [0.29, 0.717) is 17.2 Å². The lowest BCUT2D eigenvalue weighted by Crippen LogP contribution is -2.45. The van der Waals surface area contributed by atoms with Crippen molar-refractivity contribution in [1.82, 2.24) is 14.9 Å². The summed E-state index contributed by atoms with van der Waals surface area (Å²) >= 11 is 1.30. The Balaban J connectivity index is 2.33. The fraction of sp³-hybridized carbons (Fsp3) is 0.364. The minimum Gasteiger partial charge on any atom is -0.333 e. The van der Waals surface area contributed by atoms with Gasteiger partial charge in [0.25, 0.3) is 11.5 Å². The molecule has 0 aliphatic heterocycles. The summed E-state index contributed by atoms with van der Waals surface area (Å²) in [4.78, 5) is 36.5. The Morgan fingerprint density at radius 1 is 1.12 bits per heavy atom. The van der Waals surface area contributed by atoms with Crippen molar-refractivity contribution in [1.29, 1.82) is 0 Å². The van der Waals surface area contributed by atoms with Gasteiger partial charge in [-0.25, -0.2) is 4.98 Å². The molecule has 0 saturated carbocycles. The molecule has 0 aliphatic rings. The molecule has 1 atom stereocenters. The van der Waals surface area contributed by atoms with Gasteiger partial charge in [0.15, 0.2) is 0 Å². The topological polar surface area (TPSA) is 78.1 Å². The molecule has 214 valence electrons. The molecule has 2 rings (SSSR count). The maximum absolute atomic E-state index is 13.8. The minimum absolute atomic E-state index is 0.00788. The second-order valence-corrected chi connectivity index (χ2v) is 11.3. The van der Waals surface area contributed by atoms with Crippen LogP contribution in [0.5, 0.6) is 0 Å². The van der Waals surface area contributed by atoms with E-state index in [9.17, 15) is 9.59 Å². The van der Waals surface area contributed by atoms with Crippen molar-refractivity contribution in [3.8, 4) is 0 Å². The number of hydrogen-bond acceptors (Lipinski definition) is 5. The third-order valence-electron chi connectivity index (χ3n) is 6.37. The van der Waals surface area contributed by atoms with Gasteiger partial charge in [-0.15, -0.1) is 0 Å². The van der Waals surface area contributed by atoms with Gasteiger partial charge >= 0.3 is 0 Å². The molecule has 0 saturated heterocycles. The number of nitrogens with one attached hydrogen (secondary N) is 2. The molecule has 7 heteroatoms. The van der Waals surface area contributed by atoms with E-state index in [1.807, 2.05) is 62.1 Å². The minimum atomic E-state index is -0.252. The van der Waals surface area contributed by atoms with Crippen molar-refractivity contribution in [3.63, 3.8) is 0 Å². The molecule has 0 bridgehead atoms. The van der Waals surface area contributed by atoms with E-state index in [4.69, 9.17) is 0 Å². The highest BCUT2D eigenvalue weighted by atomic mass is 32.2. The first-order valence-electron chi connectivity index (χ1n) is 13.7. The molecule has 0 radical (unpaired) electrons. The van der Waals surface area contributed by atoms with Crippen LogP contribution in [0.4, 0.5) is 5.95 Å². The third-order valence-corrected chi connectivity index (χ3v) is 7.16. The number of benzene rings is 1. The average Bonchev–Trinajstić information content (AvgIpc) is 2.87. The van der Waals surface area contributed by atoms with E-state index in [2.05, 4.69) is 55.5 Å². The normalized spacial score (nSPS) is 12.6. The third kappa shape index (κ3) is 9.26. The second kappa shape index (κ2) is 15.9. The van der Waals surface area contributed by atoms with Gasteiger partial charge in [0.1, 0.15) is 0 Å². The van der Waals surface area contributed by atoms with Gasteiger partial charge in [-0.2, -0.15) is 0 Å². The van der Waals surface area contributed by atoms with Crippen LogP contribution < -0.4 is 10.3 Å². The number of hydrogen-bond donors (Lipinski definition) is 2. The molecular formula is C33H44N4O2S. The summed E-state index contributed by atoms with van der Waals surface area (Å²) in [5.41, 5.74) is 5.09. The lowest BCUT2D eigenvalue weighted by Gasteiger charge is -2.35. The number of H-pyrrole nitrogens is 1. The molecule has 1 aromatic heterocycles. The Morgan fingerprint density at radius 2 is 1.82 bits per heavy atom. The lowest BCUT2D eigenvalue weighted by molar-refractivity contribution is 0.0594. The average molecular weight is 561 g/mol. The summed E-state index contributed by atoms with van der Waals surface area (Å²) in [7, 11) is 0. The summed E-state index contributed by atoms with van der Waals surface area (Å²) in [6.07, 6.45) is 10.2. The maximum atomic E-state index is 13.8. The Morgan fingerprint density at radius 3 is 2.42 bits per heavy atom. The highest BCUT2D eigenvalue weighted by molar-refractivity contribution is 8.00. The highest BCUT2D eigenvalue weighted by Gasteiger charge is 2.27. The Hall–Kier alpha value is -3.58.